The number of para-hydroxylation sites is 1. The first-order chi connectivity index (χ1) is 50.2. The Morgan fingerprint density at radius 3 is 2.30 bits per heavy atom. The van der Waals surface area contributed by atoms with E-state index >= 15 is 0 Å². The number of phosphoric acid groups is 3. The summed E-state index contributed by atoms with van der Waals surface area (Å²) >= 11 is 5.25. The number of allylic oxidation sites excluding steroid dienone is 6. The summed E-state index contributed by atoms with van der Waals surface area (Å²) in [6.45, 7) is 21.6. The summed E-state index contributed by atoms with van der Waals surface area (Å²) in [5, 5.41) is 11.3. The van der Waals surface area contributed by atoms with Crippen LogP contribution >= 0.6 is 45.1 Å². The van der Waals surface area contributed by atoms with Crippen molar-refractivity contribution in [3.8, 4) is 11.8 Å². The van der Waals surface area contributed by atoms with Crippen molar-refractivity contribution in [1.82, 2.24) is 26.0 Å². The molecule has 28 nitrogen and oxygen atoms in total. The Labute approximate surface area is 638 Å². The van der Waals surface area contributed by atoms with Gasteiger partial charge in [-0.3, -0.25) is 28.9 Å². The molecule has 0 bridgehead atoms. The number of amides is 3. The maximum atomic E-state index is 13.3. The fourth-order valence-electron chi connectivity index (χ4n) is 12.6. The molecule has 5 heterocycles. The quantitative estimate of drug-likeness (QED) is 0.00580. The van der Waals surface area contributed by atoms with Gasteiger partial charge in [0.15, 0.2) is 18.0 Å². The van der Waals surface area contributed by atoms with Crippen LogP contribution in [0.2, 0.25) is 0 Å². The third kappa shape index (κ3) is 27.7. The average molecular weight is 1610 g/mol. The Bertz CT molecular complexity index is 3800. The van der Waals surface area contributed by atoms with Gasteiger partial charge in [-0.1, -0.05) is 118 Å². The predicted octanol–water partition coefficient (Wildman–Crippen LogP) is 10.6. The highest BCUT2D eigenvalue weighted by molar-refractivity contribution is 8.77. The number of benzene rings is 2. The number of Topliss-reactive ketones (excluding diaryl/α,β-unsaturated/α-hetero) is 1. The molecule has 588 valence electrons. The van der Waals surface area contributed by atoms with E-state index in [-0.39, 0.29) is 71.4 Å². The highest BCUT2D eigenvalue weighted by Gasteiger charge is 2.49. The van der Waals surface area contributed by atoms with E-state index in [2.05, 4.69) is 174 Å². The van der Waals surface area contributed by atoms with Gasteiger partial charge in [0.1, 0.15) is 30.2 Å². The minimum absolute atomic E-state index is 0.0127. The molecular formula is C71H106N8O20P3S4+. The lowest BCUT2D eigenvalue weighted by Gasteiger charge is -2.37. The minimum atomic E-state index is -5.77. The van der Waals surface area contributed by atoms with Crippen LogP contribution in [0, 0.1) is 18.8 Å². The number of likely N-dealkylation sites (N-methyl/N-ethyl adjacent to an activating group) is 1. The van der Waals surface area contributed by atoms with Gasteiger partial charge in [0.05, 0.1) is 68.9 Å². The van der Waals surface area contributed by atoms with E-state index in [0.29, 0.717) is 70.4 Å². The normalized spacial score (nSPS) is 20.7. The topological polar surface area (TPSA) is 358 Å². The molecule has 0 aromatic heterocycles. The first kappa shape index (κ1) is 88.1. The van der Waals surface area contributed by atoms with Crippen molar-refractivity contribution in [2.24, 2.45) is 5.73 Å². The summed E-state index contributed by atoms with van der Waals surface area (Å²) in [7, 11) is -14.3. The Kier molecular flexibility index (Phi) is 34.8. The molecule has 5 aliphatic heterocycles. The lowest BCUT2D eigenvalue weighted by atomic mass is 9.81. The third-order valence-electron chi connectivity index (χ3n) is 17.9. The monoisotopic (exact) mass is 1610 g/mol. The molecule has 3 amide bonds. The van der Waals surface area contributed by atoms with Gasteiger partial charge in [0, 0.05) is 110 Å². The average Bonchev–Trinajstić information content (AvgIpc) is 1.61. The molecule has 0 radical (unpaired) electrons. The van der Waals surface area contributed by atoms with Crippen molar-refractivity contribution in [2.45, 2.75) is 179 Å². The number of ether oxygens (including phenoxy) is 6. The summed E-state index contributed by atoms with van der Waals surface area (Å²) in [5.74, 6) is 6.16. The zero-order chi connectivity index (χ0) is 77.3. The van der Waals surface area contributed by atoms with Crippen LogP contribution in [0.15, 0.2) is 102 Å². The number of fused-ring (bicyclic) bond motifs is 3. The standard InChI is InChI=1S/C71H105N8O20P3S4/c1-10-76-57-29-22-21-28-55(57)70(5,6)61(76)30-16-13-17-31-62-71(7,8)56-45-52(2)33-34-58(56)77(62)38-23-14-18-32-64(81)73-36-41-91-43-44-92-42-37-74-68(83)94-40-35-69(3,4)105-104-50-93-39-24-12-11-15-26-54(80)27-20-19-25-53-47-78(79-48-63(72)75-67(82)66(53)79)65-46-59(95-51-106(9)103)60(97-65)49-96-101(87,88)99-102(89,90)98-100(84,85)86/h13,16-17,21-22,28-31,33-34,45,47-48,59-60,65-66H,10-12,14-15,18,20,23-24,26-27,32,35-44,46,49-51,72H2,1-9H3,(H6-,73,74,75,81,82,83,84,85,86,87,88,89,90)/p+1/t59-,60+,65+,66?,106?/m0/s1. The Morgan fingerprint density at radius 2 is 1.57 bits per heavy atom. The largest absolute Gasteiger partial charge is 0.490 e. The molecule has 2 aromatic carbocycles. The van der Waals surface area contributed by atoms with Gasteiger partial charge in [-0.25, -0.2) is 18.5 Å². The van der Waals surface area contributed by atoms with Crippen LogP contribution in [0.5, 0.6) is 0 Å². The second-order valence-electron chi connectivity index (χ2n) is 27.5. The van der Waals surface area contributed by atoms with E-state index < -0.39 is 76.0 Å². The van der Waals surface area contributed by atoms with Crippen LogP contribution in [-0.4, -0.2) is 183 Å². The van der Waals surface area contributed by atoms with Crippen LogP contribution in [0.3, 0.4) is 0 Å². The van der Waals surface area contributed by atoms with E-state index in [1.54, 1.807) is 34.0 Å². The third-order valence-corrected chi connectivity index (χ3v) is 25.5. The second kappa shape index (κ2) is 41.8. The van der Waals surface area contributed by atoms with E-state index in [9.17, 15) is 42.7 Å². The molecule has 5 aliphatic rings. The molecular weight excluding hydrogens is 1510 g/mol. The van der Waals surface area contributed by atoms with Crippen LogP contribution in [0.1, 0.15) is 149 Å². The number of alkyl carbamates (subject to hydrolysis) is 1. The number of nitrogens with zero attached hydrogens (tertiary/aromatic N) is 4. The van der Waals surface area contributed by atoms with Crippen LogP contribution in [-0.2, 0) is 101 Å². The smallest absolute Gasteiger partial charge is 0.450 e. The Hall–Kier alpha value is -5.07. The molecule has 7 rings (SSSR count). The van der Waals surface area contributed by atoms with Gasteiger partial charge in [0.25, 0.3) is 5.91 Å². The molecule has 35 heteroatoms. The molecule has 4 unspecified atom stereocenters. The van der Waals surface area contributed by atoms with Gasteiger partial charge >= 0.3 is 29.6 Å². The predicted molar refractivity (Wildman–Crippen MR) is 415 cm³/mol. The van der Waals surface area contributed by atoms with Crippen molar-refractivity contribution in [3.05, 3.63) is 119 Å². The van der Waals surface area contributed by atoms with Gasteiger partial charge in [0.2, 0.25) is 11.6 Å². The highest BCUT2D eigenvalue weighted by atomic mass is 33.1. The SMILES string of the molecule is CCN1\C(=C/C=C/C=C/C2=[N+](CCCCCC(=O)NCCOCCOCCNC(=O)OCCC(C)(C)SSCOCCCCCCC(=O)CCC#CC3=CN([C@H]4C[C@H](OCS(C)=S)[C@@H](COP(=O)(O)OP(=O)(O)OP(=O)(O)O)O4)N4C=C(N)NC(=O)C34)c3ccc(C)cc3C2(C)C)C(C)(C)c2ccccc21. The number of hydrogen-bond donors (Lipinski definition) is 8. The highest BCUT2D eigenvalue weighted by Crippen LogP contribution is 2.66. The van der Waals surface area contributed by atoms with Crippen LogP contribution < -0.4 is 26.6 Å². The molecule has 0 spiro atoms. The molecule has 0 saturated carbocycles. The van der Waals surface area contributed by atoms with Crippen LogP contribution in [0.4, 0.5) is 16.2 Å². The van der Waals surface area contributed by atoms with Crippen molar-refractivity contribution >= 4 is 106 Å². The Balaban J connectivity index is 0.670. The van der Waals surface area contributed by atoms with Crippen molar-refractivity contribution in [3.63, 3.8) is 0 Å². The number of nitrogens with two attached hydrogens (primary N) is 1. The maximum Gasteiger partial charge on any atom is 0.490 e. The van der Waals surface area contributed by atoms with Crippen molar-refractivity contribution in [2.75, 3.05) is 95.5 Å². The molecule has 2 aromatic rings. The molecule has 106 heavy (non-hydrogen) atoms. The fraction of sp³-hybridized carbons (Fsp3) is 0.592. The first-order valence-electron chi connectivity index (χ1n) is 35.5. The molecule has 1 saturated heterocycles. The zero-order valence-electron chi connectivity index (χ0n) is 61.9. The number of hydrazine groups is 1. The maximum absolute atomic E-state index is 13.3. The van der Waals surface area contributed by atoms with Crippen molar-refractivity contribution in [1.29, 1.82) is 0 Å². The summed E-state index contributed by atoms with van der Waals surface area (Å²) < 4.78 is 84.8. The lowest BCUT2D eigenvalue weighted by molar-refractivity contribution is -0.438. The minimum Gasteiger partial charge on any atom is -0.450 e. The van der Waals surface area contributed by atoms with Gasteiger partial charge in [-0.15, -0.1) is 0 Å². The van der Waals surface area contributed by atoms with E-state index in [0.717, 1.165) is 58.0 Å². The molecule has 7 atom stereocenters. The number of phosphoric ester groups is 1. The first-order valence-corrected chi connectivity index (χ1v) is 45.1. The summed E-state index contributed by atoms with van der Waals surface area (Å²) in [6.07, 6.45) is 20.3. The number of hydrogen-bond acceptors (Lipinski definition) is 23. The van der Waals surface area contributed by atoms with Crippen molar-refractivity contribution < 1.29 is 98.6 Å². The number of aryl methyl sites for hydroxylation is 1. The number of carbonyl (C=O) groups excluding carboxylic acids is 4. The second-order valence-corrected chi connectivity index (χ2v) is 38.0. The summed E-state index contributed by atoms with van der Waals surface area (Å²) in [6, 6.07) is 14.5. The Morgan fingerprint density at radius 1 is 0.849 bits per heavy atom. The number of anilines is 1. The fourth-order valence-corrected chi connectivity index (χ4v) is 18.5. The summed E-state index contributed by atoms with van der Waals surface area (Å²) in [4.78, 5) is 90.9. The number of carbonyl (C=O) groups is 4. The van der Waals surface area contributed by atoms with Gasteiger partial charge < -0.3 is 74.6 Å². The number of ketones is 1. The lowest BCUT2D eigenvalue weighted by Crippen LogP contribution is -2.54. The molecule has 1 fully saturated rings. The number of unbranched alkanes of at least 4 members (excludes halogenated alkanes) is 5. The number of nitrogens with one attached hydrogen (secondary N) is 3. The van der Waals surface area contributed by atoms with E-state index in [4.69, 9.17) is 59.7 Å². The van der Waals surface area contributed by atoms with Gasteiger partial charge in [-0.05, 0) is 115 Å². The number of rotatable bonds is 46. The van der Waals surface area contributed by atoms with E-state index in [1.807, 2.05) is 0 Å². The van der Waals surface area contributed by atoms with Gasteiger partial charge in [-0.2, -0.15) is 13.2 Å². The van der Waals surface area contributed by atoms with E-state index in [1.165, 1.54) is 55.7 Å². The molecule has 0 aliphatic carbocycles. The van der Waals surface area contributed by atoms with Crippen LogP contribution in [0.25, 0.3) is 0 Å². The molecule has 9 N–H and O–H groups in total. The zero-order valence-corrected chi connectivity index (χ0v) is 67.9. The summed E-state index contributed by atoms with van der Waals surface area (Å²) in [5.41, 5.74) is 15.2.